The first-order chi connectivity index (χ1) is 6.62. The minimum Gasteiger partial charge on any atom is -0.350 e. The lowest BCUT2D eigenvalue weighted by Gasteiger charge is -2.26. The molecule has 0 fully saturated rings. The predicted molar refractivity (Wildman–Crippen MR) is 71.5 cm³/mol. The van der Waals surface area contributed by atoms with Crippen LogP contribution in [0.1, 0.15) is 6.92 Å². The monoisotopic (exact) mass is 311 g/mol. The van der Waals surface area contributed by atoms with Crippen molar-refractivity contribution in [2.24, 2.45) is 0 Å². The maximum absolute atomic E-state index is 10.2. The molecule has 1 aromatic rings. The molecule has 2 nitrogen and oxygen atoms in total. The fraction of sp³-hybridized carbons (Fsp3) is 0.250. The summed E-state index contributed by atoms with van der Waals surface area (Å²) >= 11 is 8.52. The second-order valence-electron chi connectivity index (χ2n) is 2.62. The van der Waals surface area contributed by atoms with Gasteiger partial charge < -0.3 is 4.89 Å². The lowest BCUT2D eigenvalue weighted by molar-refractivity contribution is 0.575. The van der Waals surface area contributed by atoms with Crippen LogP contribution in [0.3, 0.4) is 0 Å². The molecule has 0 aromatic heterocycles. The Morgan fingerprint density at radius 3 is 2.50 bits per heavy atom. The molecule has 0 aliphatic heterocycles. The quantitative estimate of drug-likeness (QED) is 0.682. The summed E-state index contributed by atoms with van der Waals surface area (Å²) in [5.74, 6) is 0. The molecular formula is C8H11BrNOPS2. The molecule has 0 saturated heterocycles. The molecule has 0 saturated carbocycles. The Hall–Kier alpha value is 0.620. The van der Waals surface area contributed by atoms with Crippen LogP contribution in [0, 0.1) is 0 Å². The summed E-state index contributed by atoms with van der Waals surface area (Å²) in [7, 11) is 1.31. The van der Waals surface area contributed by atoms with Crippen LogP contribution < -0.4 is 5.30 Å². The fourth-order valence-electron chi connectivity index (χ4n) is 1.03. The van der Waals surface area contributed by atoms with Crippen LogP contribution in [0.2, 0.25) is 0 Å². The maximum atomic E-state index is 10.2. The van der Waals surface area contributed by atoms with Crippen molar-refractivity contribution in [2.45, 2.75) is 6.92 Å². The lowest BCUT2D eigenvalue weighted by atomic mass is 10.4. The topological polar surface area (TPSA) is 23.5 Å². The summed E-state index contributed by atoms with van der Waals surface area (Å²) in [4.78, 5) is 10.2. The number of rotatable bonds is 4. The van der Waals surface area contributed by atoms with Gasteiger partial charge in [0.2, 0.25) is 0 Å². The summed E-state index contributed by atoms with van der Waals surface area (Å²) < 4.78 is 1.79. The minimum absolute atomic E-state index is 0.707. The van der Waals surface area contributed by atoms with Crippen LogP contribution in [-0.2, 0) is 11.8 Å². The largest absolute Gasteiger partial charge is 0.350 e. The van der Waals surface area contributed by atoms with E-state index < -0.39 is 6.42 Å². The van der Waals surface area contributed by atoms with Gasteiger partial charge >= 0.3 is 0 Å². The second kappa shape index (κ2) is 5.64. The van der Waals surface area contributed by atoms with Crippen LogP contribution in [0.25, 0.3) is 0 Å². The van der Waals surface area contributed by atoms with E-state index in [4.69, 9.17) is 11.8 Å². The molecule has 0 radical (unpaired) electrons. The molecule has 0 amide bonds. The van der Waals surface area contributed by atoms with Gasteiger partial charge in [0.25, 0.3) is 0 Å². The van der Waals surface area contributed by atoms with E-state index in [1.165, 1.54) is 10.4 Å². The molecule has 6 heteroatoms. The number of halogens is 1. The first-order valence-electron chi connectivity index (χ1n) is 4.08. The van der Waals surface area contributed by atoms with Crippen molar-refractivity contribution >= 4 is 48.7 Å². The Bertz CT molecular complexity index is 331. The molecule has 1 rings (SSSR count). The number of hydrogen-bond acceptors (Lipinski definition) is 2. The van der Waals surface area contributed by atoms with E-state index in [-0.39, 0.29) is 0 Å². The standard InChI is InChI=1S/C8H11BrNOPS2/c1-2-10(14-9)12(11,13)8-6-4-3-5-7-8/h3-7H,2H2,1H3,(H,11,13). The number of benzene rings is 1. The Labute approximate surface area is 101 Å². The molecule has 0 spiro atoms. The van der Waals surface area contributed by atoms with Crippen LogP contribution >= 0.6 is 31.6 Å². The van der Waals surface area contributed by atoms with Crippen molar-refractivity contribution in [2.75, 3.05) is 6.54 Å². The third-order valence-corrected chi connectivity index (χ3v) is 8.23. The Kier molecular flexibility index (Phi) is 5.11. The van der Waals surface area contributed by atoms with Gasteiger partial charge in [-0.15, -0.1) is 0 Å². The predicted octanol–water partition coefficient (Wildman–Crippen LogP) is 2.89. The van der Waals surface area contributed by atoms with E-state index in [1.54, 1.807) is 4.08 Å². The first kappa shape index (κ1) is 12.7. The lowest BCUT2D eigenvalue weighted by Crippen LogP contribution is -2.18. The fourth-order valence-corrected chi connectivity index (χ4v) is 7.03. The van der Waals surface area contributed by atoms with E-state index in [1.807, 2.05) is 37.3 Å². The highest BCUT2D eigenvalue weighted by atomic mass is 79.9. The van der Waals surface area contributed by atoms with Crippen molar-refractivity contribution < 1.29 is 4.89 Å². The molecule has 1 atom stereocenters. The molecule has 0 heterocycles. The van der Waals surface area contributed by atoms with Gasteiger partial charge in [-0.1, -0.05) is 37.3 Å². The molecule has 0 aliphatic rings. The van der Waals surface area contributed by atoms with E-state index in [0.29, 0.717) is 6.54 Å². The Morgan fingerprint density at radius 1 is 1.50 bits per heavy atom. The Morgan fingerprint density at radius 2 is 2.07 bits per heavy atom. The van der Waals surface area contributed by atoms with E-state index in [0.717, 1.165) is 5.30 Å². The highest BCUT2D eigenvalue weighted by Crippen LogP contribution is 2.50. The van der Waals surface area contributed by atoms with Crippen LogP contribution in [0.15, 0.2) is 30.3 Å². The van der Waals surface area contributed by atoms with Gasteiger partial charge in [-0.05, 0) is 11.8 Å². The van der Waals surface area contributed by atoms with Crippen molar-refractivity contribution in [1.82, 2.24) is 4.08 Å². The summed E-state index contributed by atoms with van der Waals surface area (Å²) in [5.41, 5.74) is 0. The Balaban J connectivity index is 3.01. The highest BCUT2D eigenvalue weighted by Gasteiger charge is 2.23. The zero-order valence-corrected chi connectivity index (χ0v) is 11.7. The second-order valence-corrected chi connectivity index (χ2v) is 7.95. The van der Waals surface area contributed by atoms with Gasteiger partial charge in [-0.3, -0.25) is 0 Å². The maximum Gasteiger partial charge on any atom is 0.169 e. The van der Waals surface area contributed by atoms with Gasteiger partial charge in [0.15, 0.2) is 6.42 Å². The van der Waals surface area contributed by atoms with E-state index in [9.17, 15) is 4.89 Å². The zero-order valence-electron chi connectivity index (χ0n) is 7.63. The average Bonchev–Trinajstić information content (AvgIpc) is 2.20. The molecule has 1 N–H and O–H groups in total. The zero-order chi connectivity index (χ0) is 10.6. The molecule has 1 aromatic carbocycles. The molecule has 0 aliphatic carbocycles. The molecule has 0 bridgehead atoms. The molecular weight excluding hydrogens is 301 g/mol. The summed E-state index contributed by atoms with van der Waals surface area (Å²) in [6.07, 6.45) is -2.57. The van der Waals surface area contributed by atoms with Crippen molar-refractivity contribution in [3.05, 3.63) is 30.3 Å². The van der Waals surface area contributed by atoms with E-state index in [2.05, 4.69) is 14.8 Å². The van der Waals surface area contributed by atoms with Crippen LogP contribution in [0.4, 0.5) is 0 Å². The minimum atomic E-state index is -2.57. The smallest absolute Gasteiger partial charge is 0.169 e. The molecule has 78 valence electrons. The first-order valence-corrected chi connectivity index (χ1v) is 9.40. The summed E-state index contributed by atoms with van der Waals surface area (Å²) in [6.45, 7) is 2.67. The van der Waals surface area contributed by atoms with Gasteiger partial charge in [-0.2, -0.15) is 4.08 Å². The van der Waals surface area contributed by atoms with Crippen molar-refractivity contribution in [3.63, 3.8) is 0 Å². The SMILES string of the molecule is CCN(SBr)P(O)(=S)c1ccccc1. The molecule has 1 unspecified atom stereocenters. The number of nitrogens with zero attached hydrogens (tertiary/aromatic N) is 1. The van der Waals surface area contributed by atoms with Gasteiger partial charge in [0.1, 0.15) is 0 Å². The number of hydrogen-bond donors (Lipinski definition) is 1. The van der Waals surface area contributed by atoms with Crippen molar-refractivity contribution in [1.29, 1.82) is 0 Å². The summed E-state index contributed by atoms with van der Waals surface area (Å²) in [5, 5.41) is 0.823. The van der Waals surface area contributed by atoms with E-state index >= 15 is 0 Å². The van der Waals surface area contributed by atoms with Crippen LogP contribution in [0.5, 0.6) is 0 Å². The normalized spacial score (nSPS) is 15.4. The molecule has 14 heavy (non-hydrogen) atoms. The summed E-state index contributed by atoms with van der Waals surface area (Å²) in [6, 6.07) is 9.42. The van der Waals surface area contributed by atoms with Crippen LogP contribution in [-0.4, -0.2) is 15.5 Å². The van der Waals surface area contributed by atoms with Gasteiger partial charge in [0.05, 0.1) is 0 Å². The van der Waals surface area contributed by atoms with Gasteiger partial charge in [-0.25, -0.2) is 0 Å². The van der Waals surface area contributed by atoms with Gasteiger partial charge in [0, 0.05) is 37.0 Å². The highest BCUT2D eigenvalue weighted by molar-refractivity contribution is 9.50. The van der Waals surface area contributed by atoms with Crippen molar-refractivity contribution in [3.8, 4) is 0 Å². The average molecular weight is 312 g/mol. The third kappa shape index (κ3) is 2.81. The third-order valence-electron chi connectivity index (χ3n) is 1.75.